The van der Waals surface area contributed by atoms with Crippen LogP contribution in [0.25, 0.3) is 0 Å². The summed E-state index contributed by atoms with van der Waals surface area (Å²) in [5.74, 6) is -0.719. The molecule has 0 unspecified atom stereocenters. The Labute approximate surface area is 213 Å². The highest BCUT2D eigenvalue weighted by molar-refractivity contribution is 7.09. The molecule has 0 bridgehead atoms. The summed E-state index contributed by atoms with van der Waals surface area (Å²) in [4.78, 5) is 19.1. The standard InChI is InChI=1S/C26H34F3N3O3S/c1-24(2,3)21-15-32(14-18-7-6-12-34-18)23(36-21)31-22(33)19-13-17(26(27,28)29)8-9-20(19)35-16-25(30)10-4-5-11-25/h8-9,13,15,18H,4-7,10-12,14,16,30H2,1-3H3/b31-23-/t18-/m1/s1. The second-order valence-corrected chi connectivity index (χ2v) is 11.9. The highest BCUT2D eigenvalue weighted by Gasteiger charge is 2.34. The Morgan fingerprint density at radius 2 is 1.97 bits per heavy atom. The van der Waals surface area contributed by atoms with Gasteiger partial charge in [-0.05, 0) is 49.3 Å². The van der Waals surface area contributed by atoms with Crippen molar-refractivity contribution in [1.82, 2.24) is 4.57 Å². The van der Waals surface area contributed by atoms with Gasteiger partial charge in [0.25, 0.3) is 5.91 Å². The van der Waals surface area contributed by atoms with Crippen LogP contribution in [0.2, 0.25) is 0 Å². The van der Waals surface area contributed by atoms with Gasteiger partial charge in [-0.15, -0.1) is 11.3 Å². The summed E-state index contributed by atoms with van der Waals surface area (Å²) in [5, 5.41) is 0. The summed E-state index contributed by atoms with van der Waals surface area (Å²) in [6.45, 7) is 7.54. The van der Waals surface area contributed by atoms with Crippen LogP contribution in [-0.2, 0) is 22.9 Å². The smallest absolute Gasteiger partial charge is 0.416 e. The van der Waals surface area contributed by atoms with E-state index in [9.17, 15) is 18.0 Å². The molecular formula is C26H34F3N3O3S. The normalized spacial score (nSPS) is 20.8. The van der Waals surface area contributed by atoms with Crippen LogP contribution in [0.15, 0.2) is 29.4 Å². The molecule has 36 heavy (non-hydrogen) atoms. The summed E-state index contributed by atoms with van der Waals surface area (Å²) < 4.78 is 54.0. The number of alkyl halides is 3. The number of rotatable bonds is 6. The van der Waals surface area contributed by atoms with Crippen molar-refractivity contribution in [3.8, 4) is 5.75 Å². The molecule has 10 heteroatoms. The fraction of sp³-hybridized carbons (Fsp3) is 0.615. The molecule has 198 valence electrons. The number of thiazole rings is 1. The van der Waals surface area contributed by atoms with Crippen LogP contribution in [0.5, 0.6) is 5.75 Å². The fourth-order valence-corrected chi connectivity index (χ4v) is 5.60. The second kappa shape index (κ2) is 10.3. The third-order valence-electron chi connectivity index (χ3n) is 6.73. The molecule has 2 fully saturated rings. The second-order valence-electron chi connectivity index (χ2n) is 10.9. The first-order chi connectivity index (χ1) is 16.8. The first-order valence-electron chi connectivity index (χ1n) is 12.4. The molecule has 1 aliphatic carbocycles. The van der Waals surface area contributed by atoms with E-state index in [4.69, 9.17) is 15.2 Å². The monoisotopic (exact) mass is 525 g/mol. The number of hydrogen-bond donors (Lipinski definition) is 1. The van der Waals surface area contributed by atoms with Gasteiger partial charge < -0.3 is 19.8 Å². The third-order valence-corrected chi connectivity index (χ3v) is 8.18. The molecule has 1 amide bonds. The van der Waals surface area contributed by atoms with E-state index in [-0.39, 0.29) is 29.4 Å². The summed E-state index contributed by atoms with van der Waals surface area (Å²) in [5.41, 5.74) is 4.50. The van der Waals surface area contributed by atoms with Crippen molar-refractivity contribution in [2.24, 2.45) is 10.7 Å². The average molecular weight is 526 g/mol. The quantitative estimate of drug-likeness (QED) is 0.545. The molecule has 1 atom stereocenters. The van der Waals surface area contributed by atoms with Crippen molar-refractivity contribution < 1.29 is 27.4 Å². The summed E-state index contributed by atoms with van der Waals surface area (Å²) in [6, 6.07) is 2.94. The van der Waals surface area contributed by atoms with Crippen LogP contribution in [-0.4, -0.2) is 35.3 Å². The molecule has 1 aromatic carbocycles. The Bertz CT molecular complexity index is 1150. The molecule has 4 rings (SSSR count). The number of carbonyl (C=O) groups is 1. The highest BCUT2D eigenvalue weighted by Crippen LogP contribution is 2.34. The predicted molar refractivity (Wildman–Crippen MR) is 132 cm³/mol. The number of halogens is 3. The minimum Gasteiger partial charge on any atom is -0.491 e. The van der Waals surface area contributed by atoms with Crippen LogP contribution in [0.3, 0.4) is 0 Å². The van der Waals surface area contributed by atoms with Crippen molar-refractivity contribution in [1.29, 1.82) is 0 Å². The number of amides is 1. The van der Waals surface area contributed by atoms with Gasteiger partial charge in [-0.3, -0.25) is 4.79 Å². The lowest BCUT2D eigenvalue weighted by molar-refractivity contribution is -0.137. The van der Waals surface area contributed by atoms with E-state index >= 15 is 0 Å². The number of aromatic nitrogens is 1. The van der Waals surface area contributed by atoms with Gasteiger partial charge >= 0.3 is 6.18 Å². The molecule has 0 spiro atoms. The van der Waals surface area contributed by atoms with Gasteiger partial charge in [0.2, 0.25) is 0 Å². The van der Waals surface area contributed by atoms with Gasteiger partial charge in [-0.2, -0.15) is 18.2 Å². The summed E-state index contributed by atoms with van der Waals surface area (Å²) >= 11 is 1.36. The van der Waals surface area contributed by atoms with Crippen LogP contribution < -0.4 is 15.3 Å². The van der Waals surface area contributed by atoms with E-state index in [1.807, 2.05) is 10.8 Å². The van der Waals surface area contributed by atoms with Gasteiger partial charge in [0.15, 0.2) is 4.80 Å². The molecule has 1 saturated carbocycles. The number of benzene rings is 1. The van der Waals surface area contributed by atoms with E-state index in [0.29, 0.717) is 18.0 Å². The topological polar surface area (TPSA) is 78.8 Å². The maximum Gasteiger partial charge on any atom is 0.416 e. The van der Waals surface area contributed by atoms with E-state index in [1.165, 1.54) is 17.4 Å². The number of hydrogen-bond acceptors (Lipinski definition) is 5. The maximum absolute atomic E-state index is 13.5. The van der Waals surface area contributed by atoms with Crippen molar-refractivity contribution >= 4 is 17.2 Å². The molecule has 2 heterocycles. The van der Waals surface area contributed by atoms with Crippen LogP contribution in [0.1, 0.15) is 80.1 Å². The lowest BCUT2D eigenvalue weighted by Gasteiger charge is -2.24. The first kappa shape index (κ1) is 26.9. The third kappa shape index (κ3) is 6.39. The molecular weight excluding hydrogens is 491 g/mol. The van der Waals surface area contributed by atoms with Gasteiger partial charge in [0.05, 0.1) is 29.3 Å². The van der Waals surface area contributed by atoms with E-state index < -0.39 is 23.2 Å². The van der Waals surface area contributed by atoms with Crippen molar-refractivity contribution in [3.05, 3.63) is 45.2 Å². The van der Waals surface area contributed by atoms with Crippen molar-refractivity contribution in [2.45, 2.75) is 89.1 Å². The minimum absolute atomic E-state index is 0.0149. The summed E-state index contributed by atoms with van der Waals surface area (Å²) in [7, 11) is 0. The Morgan fingerprint density at radius 1 is 1.25 bits per heavy atom. The lowest BCUT2D eigenvalue weighted by Crippen LogP contribution is -2.42. The first-order valence-corrected chi connectivity index (χ1v) is 13.2. The van der Waals surface area contributed by atoms with Gasteiger partial charge in [0, 0.05) is 17.7 Å². The Balaban J connectivity index is 1.71. The molecule has 2 aliphatic rings. The van der Waals surface area contributed by atoms with Crippen molar-refractivity contribution in [2.75, 3.05) is 13.2 Å². The van der Waals surface area contributed by atoms with E-state index in [0.717, 1.165) is 55.5 Å². The zero-order chi connectivity index (χ0) is 26.1. The van der Waals surface area contributed by atoms with Gasteiger partial charge in [-0.25, -0.2) is 0 Å². The average Bonchev–Trinajstić information content (AvgIpc) is 3.54. The van der Waals surface area contributed by atoms with Gasteiger partial charge in [-0.1, -0.05) is 33.6 Å². The van der Waals surface area contributed by atoms with Crippen molar-refractivity contribution in [3.63, 3.8) is 0 Å². The Kier molecular flexibility index (Phi) is 7.69. The molecule has 2 aromatic rings. The van der Waals surface area contributed by atoms with Crippen LogP contribution in [0, 0.1) is 0 Å². The zero-order valence-corrected chi connectivity index (χ0v) is 21.8. The molecule has 0 radical (unpaired) electrons. The minimum atomic E-state index is -4.60. The fourth-order valence-electron chi connectivity index (χ4n) is 4.54. The number of carbonyl (C=O) groups excluding carboxylic acids is 1. The lowest BCUT2D eigenvalue weighted by atomic mass is 9.95. The SMILES string of the molecule is CC(C)(C)c1cn(C[C@H]2CCCO2)/c(=N/C(=O)c2cc(C(F)(F)F)ccc2OCC2(N)CCCC2)s1. The number of nitrogens with two attached hydrogens (primary N) is 1. The largest absolute Gasteiger partial charge is 0.491 e. The Morgan fingerprint density at radius 3 is 2.58 bits per heavy atom. The summed E-state index contributed by atoms with van der Waals surface area (Å²) in [6.07, 6.45) is 2.76. The molecule has 2 N–H and O–H groups in total. The molecule has 1 saturated heterocycles. The molecule has 6 nitrogen and oxygen atoms in total. The zero-order valence-electron chi connectivity index (χ0n) is 21.0. The van der Waals surface area contributed by atoms with E-state index in [2.05, 4.69) is 25.8 Å². The number of nitrogens with zero attached hydrogens (tertiary/aromatic N) is 2. The molecule has 1 aromatic heterocycles. The van der Waals surface area contributed by atoms with Crippen LogP contribution >= 0.6 is 11.3 Å². The Hall–Kier alpha value is -2.17. The number of ether oxygens (including phenoxy) is 2. The predicted octanol–water partition coefficient (Wildman–Crippen LogP) is 5.44. The maximum atomic E-state index is 13.5. The highest BCUT2D eigenvalue weighted by atomic mass is 32.1. The molecule has 1 aliphatic heterocycles. The van der Waals surface area contributed by atoms with E-state index in [1.54, 1.807) is 0 Å². The van der Waals surface area contributed by atoms with Gasteiger partial charge in [0.1, 0.15) is 12.4 Å². The van der Waals surface area contributed by atoms with Crippen LogP contribution in [0.4, 0.5) is 13.2 Å².